The van der Waals surface area contributed by atoms with E-state index in [0.717, 1.165) is 6.92 Å². The first-order valence-electron chi connectivity index (χ1n) is 2.23. The van der Waals surface area contributed by atoms with Gasteiger partial charge in [-0.25, -0.2) is 0 Å². The number of allylic oxidation sites excluding steroid dienone is 2. The molecule has 0 aromatic heterocycles. The van der Waals surface area contributed by atoms with Gasteiger partial charge in [-0.3, -0.25) is 0 Å². The molecule has 0 aliphatic heterocycles. The Morgan fingerprint density at radius 3 is 2.00 bits per heavy atom. The zero-order chi connectivity index (χ0) is 7.49. The van der Waals surface area contributed by atoms with Crippen LogP contribution >= 0.6 is 0 Å². The Morgan fingerprint density at radius 1 is 1.44 bits per heavy atom. The average molecular weight is 137 g/mol. The summed E-state index contributed by atoms with van der Waals surface area (Å²) >= 11 is 0. The molecular formula is C5H6F3N. The molecule has 0 aliphatic rings. The molecule has 0 spiro atoms. The first-order valence-corrected chi connectivity index (χ1v) is 2.23. The van der Waals surface area contributed by atoms with Crippen molar-refractivity contribution < 1.29 is 13.2 Å². The molecule has 52 valence electrons. The summed E-state index contributed by atoms with van der Waals surface area (Å²) in [6, 6.07) is 0. The first-order chi connectivity index (χ1) is 3.98. The number of nitrogens with one attached hydrogen (secondary N) is 1. The molecule has 0 saturated carbocycles. The molecule has 0 aromatic rings. The highest BCUT2D eigenvalue weighted by Gasteiger charge is 2.29. The average Bonchev–Trinajstić information content (AvgIpc) is 1.64. The van der Waals surface area contributed by atoms with Crippen LogP contribution in [-0.2, 0) is 0 Å². The van der Waals surface area contributed by atoms with Crippen molar-refractivity contribution in [1.29, 1.82) is 5.41 Å². The van der Waals surface area contributed by atoms with Crippen molar-refractivity contribution in [3.63, 3.8) is 0 Å². The molecule has 0 bridgehead atoms. The number of hydrogen-bond acceptors (Lipinski definition) is 1. The topological polar surface area (TPSA) is 23.9 Å². The van der Waals surface area contributed by atoms with Crippen molar-refractivity contribution in [3.8, 4) is 0 Å². The number of alkyl halides is 3. The largest absolute Gasteiger partial charge is 0.412 e. The van der Waals surface area contributed by atoms with Crippen molar-refractivity contribution in [1.82, 2.24) is 0 Å². The van der Waals surface area contributed by atoms with Crippen molar-refractivity contribution in [2.45, 2.75) is 13.1 Å². The summed E-state index contributed by atoms with van der Waals surface area (Å²) in [6.45, 7) is 0.922. The summed E-state index contributed by atoms with van der Waals surface area (Å²) < 4.78 is 34.4. The summed E-state index contributed by atoms with van der Waals surface area (Å²) in [5, 5.41) is 6.31. The van der Waals surface area contributed by atoms with Gasteiger partial charge in [-0.2, -0.15) is 13.2 Å². The zero-order valence-electron chi connectivity index (χ0n) is 4.79. The minimum Gasteiger partial charge on any atom is -0.309 e. The molecule has 1 N–H and O–H groups in total. The second-order valence-corrected chi connectivity index (χ2v) is 1.51. The van der Waals surface area contributed by atoms with Crippen LogP contribution in [0.5, 0.6) is 0 Å². The van der Waals surface area contributed by atoms with Crippen LogP contribution in [0, 0.1) is 5.41 Å². The molecule has 0 amide bonds. The molecule has 4 heteroatoms. The molecule has 0 atom stereocenters. The minimum absolute atomic E-state index is 0.614. The third-order valence-electron chi connectivity index (χ3n) is 0.780. The van der Waals surface area contributed by atoms with Gasteiger partial charge in [0.1, 0.15) is 0 Å². The Kier molecular flexibility index (Phi) is 2.42. The molecule has 0 unspecified atom stereocenters. The predicted octanol–water partition coefficient (Wildman–Crippen LogP) is 2.14. The van der Waals surface area contributed by atoms with E-state index in [1.54, 1.807) is 0 Å². The maximum absolute atomic E-state index is 11.5. The lowest BCUT2D eigenvalue weighted by atomic mass is 10.3. The van der Waals surface area contributed by atoms with Crippen molar-refractivity contribution in [3.05, 3.63) is 11.6 Å². The molecule has 0 aliphatic carbocycles. The molecule has 9 heavy (non-hydrogen) atoms. The Labute approximate surface area is 50.7 Å². The van der Waals surface area contributed by atoms with E-state index in [4.69, 9.17) is 5.41 Å². The number of halogens is 3. The van der Waals surface area contributed by atoms with Gasteiger partial charge >= 0.3 is 6.18 Å². The van der Waals surface area contributed by atoms with Gasteiger partial charge < -0.3 is 5.41 Å². The molecule has 0 fully saturated rings. The monoisotopic (exact) mass is 137 g/mol. The third-order valence-corrected chi connectivity index (χ3v) is 0.780. The molecule has 0 rings (SSSR count). The van der Waals surface area contributed by atoms with Crippen LogP contribution in [0.15, 0.2) is 11.6 Å². The summed E-state index contributed by atoms with van der Waals surface area (Å²) in [4.78, 5) is 0. The van der Waals surface area contributed by atoms with E-state index in [9.17, 15) is 13.2 Å². The summed E-state index contributed by atoms with van der Waals surface area (Å²) in [6.07, 6.45) is -2.96. The molecule has 0 heterocycles. The minimum atomic E-state index is -4.28. The SMILES string of the molecule is C/C(=C\C=N)C(F)(F)F. The predicted molar refractivity (Wildman–Crippen MR) is 28.6 cm³/mol. The fourth-order valence-electron chi connectivity index (χ4n) is 0.219. The Hall–Kier alpha value is -0.800. The second kappa shape index (κ2) is 2.66. The normalized spacial score (nSPS) is 13.6. The third kappa shape index (κ3) is 2.90. The van der Waals surface area contributed by atoms with Crippen molar-refractivity contribution in [2.75, 3.05) is 0 Å². The van der Waals surface area contributed by atoms with E-state index < -0.39 is 11.7 Å². The molecule has 1 nitrogen and oxygen atoms in total. The highest BCUT2D eigenvalue weighted by molar-refractivity contribution is 5.69. The standard InChI is InChI=1S/C5H6F3N/c1-4(2-3-9)5(6,7)8/h2-3,9H,1H3/b4-2+,9-3?. The van der Waals surface area contributed by atoms with Crippen molar-refractivity contribution >= 4 is 6.21 Å². The van der Waals surface area contributed by atoms with Crippen LogP contribution in [0.2, 0.25) is 0 Å². The summed E-state index contributed by atoms with van der Waals surface area (Å²) in [7, 11) is 0. The molecular weight excluding hydrogens is 131 g/mol. The quantitative estimate of drug-likeness (QED) is 0.535. The number of rotatable bonds is 1. The fraction of sp³-hybridized carbons (Fsp3) is 0.400. The van der Waals surface area contributed by atoms with E-state index in [0.29, 0.717) is 12.3 Å². The van der Waals surface area contributed by atoms with Gasteiger partial charge in [-0.1, -0.05) is 0 Å². The van der Waals surface area contributed by atoms with E-state index in [1.807, 2.05) is 0 Å². The van der Waals surface area contributed by atoms with Crippen LogP contribution in [0.3, 0.4) is 0 Å². The molecule has 0 aromatic carbocycles. The van der Waals surface area contributed by atoms with Gasteiger partial charge in [0.2, 0.25) is 0 Å². The van der Waals surface area contributed by atoms with E-state index in [-0.39, 0.29) is 0 Å². The Morgan fingerprint density at radius 2 is 1.89 bits per heavy atom. The number of hydrogen-bond donors (Lipinski definition) is 1. The summed E-state index contributed by atoms with van der Waals surface area (Å²) in [5.41, 5.74) is -0.752. The van der Waals surface area contributed by atoms with E-state index in [2.05, 4.69) is 0 Å². The van der Waals surface area contributed by atoms with Gasteiger partial charge in [-0.15, -0.1) is 0 Å². The maximum Gasteiger partial charge on any atom is 0.412 e. The highest BCUT2D eigenvalue weighted by atomic mass is 19.4. The van der Waals surface area contributed by atoms with Gasteiger partial charge in [0.25, 0.3) is 0 Å². The van der Waals surface area contributed by atoms with Crippen LogP contribution < -0.4 is 0 Å². The Bertz CT molecular complexity index is 134. The van der Waals surface area contributed by atoms with E-state index >= 15 is 0 Å². The van der Waals surface area contributed by atoms with Gasteiger partial charge in [0.15, 0.2) is 0 Å². The van der Waals surface area contributed by atoms with Gasteiger partial charge in [0, 0.05) is 11.8 Å². The van der Waals surface area contributed by atoms with Gasteiger partial charge in [-0.05, 0) is 13.0 Å². The van der Waals surface area contributed by atoms with E-state index in [1.165, 1.54) is 0 Å². The van der Waals surface area contributed by atoms with Crippen LogP contribution in [-0.4, -0.2) is 12.4 Å². The maximum atomic E-state index is 11.5. The highest BCUT2D eigenvalue weighted by Crippen LogP contribution is 2.23. The first kappa shape index (κ1) is 8.20. The fourth-order valence-corrected chi connectivity index (χ4v) is 0.219. The van der Waals surface area contributed by atoms with Crippen LogP contribution in [0.25, 0.3) is 0 Å². The smallest absolute Gasteiger partial charge is 0.309 e. The molecule has 0 radical (unpaired) electrons. The lowest BCUT2D eigenvalue weighted by Gasteiger charge is -2.03. The second-order valence-electron chi connectivity index (χ2n) is 1.51. The summed E-state index contributed by atoms with van der Waals surface area (Å²) in [5.74, 6) is 0. The lowest BCUT2D eigenvalue weighted by Crippen LogP contribution is -2.08. The zero-order valence-corrected chi connectivity index (χ0v) is 4.79. The molecule has 0 saturated heterocycles. The van der Waals surface area contributed by atoms with Crippen LogP contribution in [0.4, 0.5) is 13.2 Å². The lowest BCUT2D eigenvalue weighted by molar-refractivity contribution is -0.0911. The van der Waals surface area contributed by atoms with Gasteiger partial charge in [0.05, 0.1) is 0 Å². The van der Waals surface area contributed by atoms with Crippen molar-refractivity contribution in [2.24, 2.45) is 0 Å². The Balaban J connectivity index is 4.19. The van der Waals surface area contributed by atoms with Crippen LogP contribution in [0.1, 0.15) is 6.92 Å².